The van der Waals surface area contributed by atoms with Gasteiger partial charge in [-0.3, -0.25) is 0 Å². The third-order valence-electron chi connectivity index (χ3n) is 2.96. The van der Waals surface area contributed by atoms with Crippen LogP contribution in [0.5, 0.6) is 0 Å². The first-order valence-electron chi connectivity index (χ1n) is 6.08. The van der Waals surface area contributed by atoms with Gasteiger partial charge in [0.25, 0.3) is 0 Å². The van der Waals surface area contributed by atoms with Crippen molar-refractivity contribution in [3.63, 3.8) is 0 Å². The maximum atomic E-state index is 9.08. The van der Waals surface area contributed by atoms with E-state index in [1.165, 1.54) is 0 Å². The Kier molecular flexibility index (Phi) is 4.11. The van der Waals surface area contributed by atoms with Crippen LogP contribution in [0.4, 0.5) is 11.4 Å². The van der Waals surface area contributed by atoms with Crippen LogP contribution in [0.1, 0.15) is 22.4 Å². The number of nitrogens with zero attached hydrogens (tertiary/aromatic N) is 4. The molecule has 5 heteroatoms. The largest absolute Gasteiger partial charge is 0.238 e. The standard InChI is InChI=1S/C15H13ClN4/c1-9-4-6-12(7-5-9)19-20-14-10(2)13(8-17)15(16)18-11(14)3/h4-7H,1-3H3. The van der Waals surface area contributed by atoms with E-state index in [1.54, 1.807) is 13.8 Å². The lowest BCUT2D eigenvalue weighted by atomic mass is 10.1. The number of halogens is 1. The number of aromatic nitrogens is 1. The normalized spacial score (nSPS) is 10.8. The summed E-state index contributed by atoms with van der Waals surface area (Å²) in [6, 6.07) is 9.75. The second-order valence-electron chi connectivity index (χ2n) is 4.48. The van der Waals surface area contributed by atoms with Crippen LogP contribution in [0.15, 0.2) is 34.5 Å². The van der Waals surface area contributed by atoms with Crippen LogP contribution >= 0.6 is 11.6 Å². The van der Waals surface area contributed by atoms with Crippen LogP contribution in [-0.2, 0) is 0 Å². The Labute approximate surface area is 122 Å². The Morgan fingerprint density at radius 1 is 1.10 bits per heavy atom. The van der Waals surface area contributed by atoms with Crippen LogP contribution in [0.25, 0.3) is 0 Å². The zero-order chi connectivity index (χ0) is 14.7. The van der Waals surface area contributed by atoms with E-state index >= 15 is 0 Å². The number of hydrogen-bond donors (Lipinski definition) is 0. The van der Waals surface area contributed by atoms with Gasteiger partial charge in [0.15, 0.2) is 0 Å². The molecular weight excluding hydrogens is 272 g/mol. The molecule has 0 N–H and O–H groups in total. The molecule has 0 aliphatic carbocycles. The molecule has 4 nitrogen and oxygen atoms in total. The van der Waals surface area contributed by atoms with Crippen molar-refractivity contribution in [2.24, 2.45) is 10.2 Å². The molecule has 0 amide bonds. The van der Waals surface area contributed by atoms with Crippen molar-refractivity contribution in [1.29, 1.82) is 5.26 Å². The van der Waals surface area contributed by atoms with Gasteiger partial charge in [0.2, 0.25) is 0 Å². The lowest BCUT2D eigenvalue weighted by Gasteiger charge is -2.06. The fourth-order valence-corrected chi connectivity index (χ4v) is 2.11. The third-order valence-corrected chi connectivity index (χ3v) is 3.23. The minimum absolute atomic E-state index is 0.205. The number of nitriles is 1. The summed E-state index contributed by atoms with van der Waals surface area (Å²) in [5.41, 5.74) is 4.20. The van der Waals surface area contributed by atoms with Gasteiger partial charge in [0, 0.05) is 0 Å². The van der Waals surface area contributed by atoms with E-state index in [0.29, 0.717) is 22.5 Å². The molecule has 0 unspecified atom stereocenters. The molecule has 2 rings (SSSR count). The third kappa shape index (κ3) is 2.84. The van der Waals surface area contributed by atoms with E-state index in [2.05, 4.69) is 15.2 Å². The van der Waals surface area contributed by atoms with E-state index < -0.39 is 0 Å². The van der Waals surface area contributed by atoms with Crippen LogP contribution in [-0.4, -0.2) is 4.98 Å². The summed E-state index contributed by atoms with van der Waals surface area (Å²) >= 11 is 5.94. The van der Waals surface area contributed by atoms with Crippen LogP contribution in [0.2, 0.25) is 5.15 Å². The molecule has 20 heavy (non-hydrogen) atoms. The number of pyridine rings is 1. The van der Waals surface area contributed by atoms with Gasteiger partial charge in [-0.2, -0.15) is 10.4 Å². The SMILES string of the molecule is Cc1ccc(N=Nc2c(C)nc(Cl)c(C#N)c2C)cc1. The maximum Gasteiger partial charge on any atom is 0.147 e. The molecular formula is C15H13ClN4. The summed E-state index contributed by atoms with van der Waals surface area (Å²) < 4.78 is 0. The summed E-state index contributed by atoms with van der Waals surface area (Å²) in [7, 11) is 0. The zero-order valence-corrected chi connectivity index (χ0v) is 12.2. The van der Waals surface area contributed by atoms with E-state index in [1.807, 2.05) is 37.3 Å². The van der Waals surface area contributed by atoms with Gasteiger partial charge < -0.3 is 0 Å². The second kappa shape index (κ2) is 5.81. The smallest absolute Gasteiger partial charge is 0.147 e. The Morgan fingerprint density at radius 2 is 1.75 bits per heavy atom. The summed E-state index contributed by atoms with van der Waals surface area (Å²) in [4.78, 5) is 4.12. The zero-order valence-electron chi connectivity index (χ0n) is 11.5. The van der Waals surface area contributed by atoms with E-state index in [-0.39, 0.29) is 5.15 Å². The van der Waals surface area contributed by atoms with Crippen LogP contribution in [0.3, 0.4) is 0 Å². The van der Waals surface area contributed by atoms with Gasteiger partial charge in [-0.05, 0) is 38.5 Å². The highest BCUT2D eigenvalue weighted by molar-refractivity contribution is 6.30. The fourth-order valence-electron chi connectivity index (χ4n) is 1.80. The van der Waals surface area contributed by atoms with Gasteiger partial charge in [-0.25, -0.2) is 4.98 Å². The number of hydrogen-bond acceptors (Lipinski definition) is 4. The molecule has 1 heterocycles. The summed E-state index contributed by atoms with van der Waals surface area (Å²) in [6.45, 7) is 5.60. The lowest BCUT2D eigenvalue weighted by Crippen LogP contribution is -1.93. The Morgan fingerprint density at radius 3 is 2.35 bits per heavy atom. The van der Waals surface area contributed by atoms with Crippen molar-refractivity contribution >= 4 is 23.0 Å². The Hall–Kier alpha value is -2.25. The first kappa shape index (κ1) is 14.2. The average Bonchev–Trinajstić information content (AvgIpc) is 2.40. The highest BCUT2D eigenvalue weighted by Gasteiger charge is 2.13. The summed E-state index contributed by atoms with van der Waals surface area (Å²) in [5, 5.41) is 17.7. The molecule has 1 aromatic heterocycles. The minimum Gasteiger partial charge on any atom is -0.238 e. The highest BCUT2D eigenvalue weighted by atomic mass is 35.5. The van der Waals surface area contributed by atoms with Gasteiger partial charge in [-0.1, -0.05) is 29.3 Å². The van der Waals surface area contributed by atoms with Crippen molar-refractivity contribution in [1.82, 2.24) is 4.98 Å². The molecule has 0 saturated heterocycles. The average molecular weight is 285 g/mol. The topological polar surface area (TPSA) is 61.4 Å². The molecule has 0 atom stereocenters. The molecule has 2 aromatic rings. The summed E-state index contributed by atoms with van der Waals surface area (Å²) in [5.74, 6) is 0. The monoisotopic (exact) mass is 284 g/mol. The second-order valence-corrected chi connectivity index (χ2v) is 4.84. The number of aryl methyl sites for hydroxylation is 2. The fraction of sp³-hybridized carbons (Fsp3) is 0.200. The van der Waals surface area contributed by atoms with E-state index in [9.17, 15) is 0 Å². The summed E-state index contributed by atoms with van der Waals surface area (Å²) in [6.07, 6.45) is 0. The number of rotatable bonds is 2. The molecule has 0 radical (unpaired) electrons. The van der Waals surface area contributed by atoms with Gasteiger partial charge in [0.1, 0.15) is 16.9 Å². The van der Waals surface area contributed by atoms with Crippen molar-refractivity contribution in [3.05, 3.63) is 51.8 Å². The maximum absolute atomic E-state index is 9.08. The first-order chi connectivity index (χ1) is 9.52. The highest BCUT2D eigenvalue weighted by Crippen LogP contribution is 2.30. The van der Waals surface area contributed by atoms with Crippen molar-refractivity contribution < 1.29 is 0 Å². The van der Waals surface area contributed by atoms with Crippen LogP contribution < -0.4 is 0 Å². The van der Waals surface area contributed by atoms with Gasteiger partial charge >= 0.3 is 0 Å². The number of benzene rings is 1. The predicted octanol–water partition coefficient (Wildman–Crippen LogP) is 4.95. The van der Waals surface area contributed by atoms with Crippen LogP contribution in [0, 0.1) is 32.1 Å². The van der Waals surface area contributed by atoms with Crippen molar-refractivity contribution in [2.45, 2.75) is 20.8 Å². The molecule has 100 valence electrons. The van der Waals surface area contributed by atoms with Gasteiger partial charge in [-0.15, -0.1) is 5.11 Å². The van der Waals surface area contributed by atoms with Crippen molar-refractivity contribution in [2.75, 3.05) is 0 Å². The predicted molar refractivity (Wildman–Crippen MR) is 78.8 cm³/mol. The van der Waals surface area contributed by atoms with Gasteiger partial charge in [0.05, 0.1) is 16.9 Å². The lowest BCUT2D eigenvalue weighted by molar-refractivity contribution is 1.10. The van der Waals surface area contributed by atoms with E-state index in [4.69, 9.17) is 16.9 Å². The van der Waals surface area contributed by atoms with E-state index in [0.717, 1.165) is 11.3 Å². The quantitative estimate of drug-likeness (QED) is 0.579. The minimum atomic E-state index is 0.205. The molecule has 1 aromatic carbocycles. The molecule has 0 aliphatic rings. The molecule has 0 spiro atoms. The Balaban J connectivity index is 2.44. The number of azo groups is 1. The first-order valence-corrected chi connectivity index (χ1v) is 6.46. The molecule has 0 saturated carbocycles. The Bertz CT molecular complexity index is 712. The molecule has 0 bridgehead atoms. The van der Waals surface area contributed by atoms with Crippen molar-refractivity contribution in [3.8, 4) is 6.07 Å². The molecule has 0 fully saturated rings. The molecule has 0 aliphatic heterocycles.